The summed E-state index contributed by atoms with van der Waals surface area (Å²) in [5, 5.41) is 5.21. The molecule has 0 amide bonds. The van der Waals surface area contributed by atoms with Crippen LogP contribution in [0.3, 0.4) is 0 Å². The van der Waals surface area contributed by atoms with Crippen molar-refractivity contribution in [2.45, 2.75) is 31.2 Å². The van der Waals surface area contributed by atoms with E-state index >= 15 is 0 Å². The quantitative estimate of drug-likeness (QED) is 0.874. The van der Waals surface area contributed by atoms with E-state index in [1.807, 2.05) is 11.6 Å². The molecule has 2 N–H and O–H groups in total. The molecule has 0 saturated heterocycles. The normalized spacial score (nSPS) is 10.8. The maximum Gasteiger partial charge on any atom is 0.156 e. The molecule has 0 radical (unpaired) electrons. The molecular weight excluding hydrogens is 314 g/mol. The van der Waals surface area contributed by atoms with Crippen LogP contribution in [0.1, 0.15) is 18.3 Å². The first kappa shape index (κ1) is 13.4. The number of thioether (sulfide) groups is 1. The number of aryl methyl sites for hydroxylation is 2. The van der Waals surface area contributed by atoms with Crippen molar-refractivity contribution in [2.75, 3.05) is 5.73 Å². The summed E-state index contributed by atoms with van der Waals surface area (Å²) in [6, 6.07) is 0. The van der Waals surface area contributed by atoms with E-state index in [2.05, 4.69) is 37.9 Å². The first-order chi connectivity index (χ1) is 8.63. The van der Waals surface area contributed by atoms with E-state index < -0.39 is 0 Å². The van der Waals surface area contributed by atoms with Crippen molar-refractivity contribution in [1.29, 1.82) is 0 Å². The number of anilines is 1. The number of halogens is 1. The fraction of sp³-hybridized carbons (Fsp3) is 0.364. The van der Waals surface area contributed by atoms with Crippen LogP contribution >= 0.6 is 27.7 Å². The fourth-order valence-corrected chi connectivity index (χ4v) is 3.10. The Morgan fingerprint density at radius 2 is 2.11 bits per heavy atom. The van der Waals surface area contributed by atoms with Crippen LogP contribution in [0.5, 0.6) is 0 Å². The van der Waals surface area contributed by atoms with E-state index in [0.717, 1.165) is 33.2 Å². The van der Waals surface area contributed by atoms with Gasteiger partial charge in [-0.1, -0.05) is 11.8 Å². The van der Waals surface area contributed by atoms with Crippen molar-refractivity contribution in [3.8, 4) is 0 Å². The summed E-state index contributed by atoms with van der Waals surface area (Å²) < 4.78 is 3.04. The topological polar surface area (TPSA) is 69.6 Å². The van der Waals surface area contributed by atoms with E-state index in [9.17, 15) is 0 Å². The van der Waals surface area contributed by atoms with Crippen LogP contribution in [-0.2, 0) is 12.3 Å². The molecule has 2 heterocycles. The second-order valence-electron chi connectivity index (χ2n) is 3.70. The largest absolute Gasteiger partial charge is 0.381 e. The van der Waals surface area contributed by atoms with Gasteiger partial charge < -0.3 is 5.73 Å². The average molecular weight is 328 g/mol. The highest BCUT2D eigenvalue weighted by Gasteiger charge is 2.13. The third kappa shape index (κ3) is 2.67. The zero-order chi connectivity index (χ0) is 13.1. The lowest BCUT2D eigenvalue weighted by atomic mass is 10.4. The predicted octanol–water partition coefficient (Wildman–Crippen LogP) is 2.64. The SMILES string of the molecule is CCn1nc(C)c(Br)c1CSc1nccnc1N. The van der Waals surface area contributed by atoms with Crippen molar-refractivity contribution >= 4 is 33.5 Å². The fourth-order valence-electron chi connectivity index (χ4n) is 1.59. The molecule has 0 bridgehead atoms. The summed E-state index contributed by atoms with van der Waals surface area (Å²) in [6.07, 6.45) is 3.24. The predicted molar refractivity (Wildman–Crippen MR) is 76.3 cm³/mol. The molecule has 0 unspecified atom stereocenters. The molecule has 2 rings (SSSR count). The Morgan fingerprint density at radius 3 is 2.78 bits per heavy atom. The van der Waals surface area contributed by atoms with E-state index in [4.69, 9.17) is 5.73 Å². The van der Waals surface area contributed by atoms with E-state index in [0.29, 0.717) is 5.82 Å². The van der Waals surface area contributed by atoms with Gasteiger partial charge in [-0.05, 0) is 29.8 Å². The van der Waals surface area contributed by atoms with Gasteiger partial charge in [-0.2, -0.15) is 5.10 Å². The highest BCUT2D eigenvalue weighted by Crippen LogP contribution is 2.29. The monoisotopic (exact) mass is 327 g/mol. The summed E-state index contributed by atoms with van der Waals surface area (Å²) in [5.41, 5.74) is 7.91. The van der Waals surface area contributed by atoms with Crippen LogP contribution < -0.4 is 5.73 Å². The Kier molecular flexibility index (Phi) is 4.23. The lowest BCUT2D eigenvalue weighted by Gasteiger charge is -2.06. The van der Waals surface area contributed by atoms with Gasteiger partial charge in [0.15, 0.2) is 5.82 Å². The van der Waals surface area contributed by atoms with Gasteiger partial charge in [-0.15, -0.1) is 0 Å². The van der Waals surface area contributed by atoms with Gasteiger partial charge in [0.25, 0.3) is 0 Å². The summed E-state index contributed by atoms with van der Waals surface area (Å²) in [7, 11) is 0. The highest BCUT2D eigenvalue weighted by atomic mass is 79.9. The lowest BCUT2D eigenvalue weighted by molar-refractivity contribution is 0.631. The van der Waals surface area contributed by atoms with Crippen LogP contribution in [0.25, 0.3) is 0 Å². The van der Waals surface area contributed by atoms with Crippen LogP contribution in [0.15, 0.2) is 21.9 Å². The van der Waals surface area contributed by atoms with Gasteiger partial charge in [0.1, 0.15) is 5.03 Å². The van der Waals surface area contributed by atoms with Crippen molar-refractivity contribution in [3.63, 3.8) is 0 Å². The zero-order valence-electron chi connectivity index (χ0n) is 10.2. The molecule has 0 aliphatic heterocycles. The minimum Gasteiger partial charge on any atom is -0.381 e. The number of rotatable bonds is 4. The standard InChI is InChI=1S/C11H14BrN5S/c1-3-17-8(9(12)7(2)16-17)6-18-11-10(13)14-4-5-15-11/h4-5H,3,6H2,1-2H3,(H2,13,14). The Hall–Kier alpha value is -1.08. The van der Waals surface area contributed by atoms with Crippen molar-refractivity contribution < 1.29 is 0 Å². The molecule has 0 atom stereocenters. The second kappa shape index (κ2) is 5.71. The molecular formula is C11H14BrN5S. The minimum absolute atomic E-state index is 0.470. The molecule has 5 nitrogen and oxygen atoms in total. The van der Waals surface area contributed by atoms with Crippen molar-refractivity contribution in [2.24, 2.45) is 0 Å². The number of hydrogen-bond acceptors (Lipinski definition) is 5. The van der Waals surface area contributed by atoms with Crippen LogP contribution in [0.2, 0.25) is 0 Å². The average Bonchev–Trinajstić information content (AvgIpc) is 2.65. The van der Waals surface area contributed by atoms with Gasteiger partial charge in [-0.25, -0.2) is 9.97 Å². The summed E-state index contributed by atoms with van der Waals surface area (Å²) in [4.78, 5) is 8.24. The van der Waals surface area contributed by atoms with Crippen molar-refractivity contribution in [3.05, 3.63) is 28.3 Å². The van der Waals surface area contributed by atoms with Gasteiger partial charge in [-0.3, -0.25) is 4.68 Å². The van der Waals surface area contributed by atoms with Gasteiger partial charge in [0, 0.05) is 24.7 Å². The molecule has 7 heteroatoms. The first-order valence-electron chi connectivity index (χ1n) is 5.54. The number of nitrogens with zero attached hydrogens (tertiary/aromatic N) is 4. The lowest BCUT2D eigenvalue weighted by Crippen LogP contribution is -2.02. The van der Waals surface area contributed by atoms with Crippen LogP contribution in [-0.4, -0.2) is 19.7 Å². The van der Waals surface area contributed by atoms with Gasteiger partial charge >= 0.3 is 0 Å². The molecule has 0 aliphatic rings. The molecule has 2 aromatic rings. The molecule has 2 aromatic heterocycles. The number of aromatic nitrogens is 4. The van der Waals surface area contributed by atoms with Crippen LogP contribution in [0.4, 0.5) is 5.82 Å². The minimum atomic E-state index is 0.470. The molecule has 96 valence electrons. The molecule has 0 spiro atoms. The summed E-state index contributed by atoms with van der Waals surface area (Å²) in [5.74, 6) is 1.23. The molecule has 0 aromatic carbocycles. The van der Waals surface area contributed by atoms with Gasteiger partial charge in [0.2, 0.25) is 0 Å². The van der Waals surface area contributed by atoms with Gasteiger partial charge in [0.05, 0.1) is 15.9 Å². The third-order valence-electron chi connectivity index (χ3n) is 2.49. The Morgan fingerprint density at radius 1 is 1.39 bits per heavy atom. The first-order valence-corrected chi connectivity index (χ1v) is 7.32. The molecule has 0 fully saturated rings. The Balaban J connectivity index is 2.18. The maximum absolute atomic E-state index is 5.77. The summed E-state index contributed by atoms with van der Waals surface area (Å²) >= 11 is 5.14. The van der Waals surface area contributed by atoms with E-state index in [-0.39, 0.29) is 0 Å². The van der Waals surface area contributed by atoms with E-state index in [1.165, 1.54) is 0 Å². The van der Waals surface area contributed by atoms with E-state index in [1.54, 1.807) is 24.2 Å². The number of nitrogen functional groups attached to an aromatic ring is 1. The maximum atomic E-state index is 5.77. The molecule has 0 saturated carbocycles. The highest BCUT2D eigenvalue weighted by molar-refractivity contribution is 9.10. The Bertz CT molecular complexity index is 554. The third-order valence-corrected chi connectivity index (χ3v) is 4.53. The number of nitrogens with two attached hydrogens (primary N) is 1. The Labute approximate surface area is 118 Å². The molecule has 18 heavy (non-hydrogen) atoms. The van der Waals surface area contributed by atoms with Crippen LogP contribution in [0, 0.1) is 6.92 Å². The molecule has 0 aliphatic carbocycles. The summed E-state index contributed by atoms with van der Waals surface area (Å²) in [6.45, 7) is 4.91. The zero-order valence-corrected chi connectivity index (χ0v) is 12.6. The smallest absolute Gasteiger partial charge is 0.156 e. The van der Waals surface area contributed by atoms with Crippen molar-refractivity contribution in [1.82, 2.24) is 19.7 Å². The second-order valence-corrected chi connectivity index (χ2v) is 5.45. The number of hydrogen-bond donors (Lipinski definition) is 1.